The highest BCUT2D eigenvalue weighted by Crippen LogP contribution is 2.23. The van der Waals surface area contributed by atoms with Gasteiger partial charge >= 0.3 is 0 Å². The Labute approximate surface area is 147 Å². The van der Waals surface area contributed by atoms with Crippen LogP contribution in [0.15, 0.2) is 48.7 Å². The predicted molar refractivity (Wildman–Crippen MR) is 96.5 cm³/mol. The molecule has 0 aliphatic carbocycles. The number of hydrogen-bond acceptors (Lipinski definition) is 3. The zero-order valence-electron chi connectivity index (χ0n) is 14.4. The summed E-state index contributed by atoms with van der Waals surface area (Å²) in [5.41, 5.74) is 3.56. The quantitative estimate of drug-likeness (QED) is 0.739. The summed E-state index contributed by atoms with van der Waals surface area (Å²) in [6.45, 7) is 3.56. The average Bonchev–Trinajstić information content (AvgIpc) is 3.12. The molecule has 1 fully saturated rings. The third-order valence-corrected chi connectivity index (χ3v) is 5.03. The Kier molecular flexibility index (Phi) is 4.22. The van der Waals surface area contributed by atoms with E-state index in [1.54, 1.807) is 10.7 Å². The molecule has 2 aromatic heterocycles. The van der Waals surface area contributed by atoms with Crippen LogP contribution in [-0.2, 0) is 6.42 Å². The van der Waals surface area contributed by atoms with Gasteiger partial charge in [0.1, 0.15) is 5.69 Å². The summed E-state index contributed by atoms with van der Waals surface area (Å²) in [7, 11) is 0. The highest BCUT2D eigenvalue weighted by Gasteiger charge is 2.25. The molecule has 3 heterocycles. The van der Waals surface area contributed by atoms with Gasteiger partial charge in [0.2, 0.25) is 0 Å². The summed E-state index contributed by atoms with van der Waals surface area (Å²) in [4.78, 5) is 19.2. The third kappa shape index (κ3) is 3.27. The molecule has 128 valence electrons. The highest BCUT2D eigenvalue weighted by atomic mass is 16.2. The molecule has 0 radical (unpaired) electrons. The van der Waals surface area contributed by atoms with Crippen molar-refractivity contribution >= 4 is 11.6 Å². The van der Waals surface area contributed by atoms with Crippen LogP contribution in [-0.4, -0.2) is 38.5 Å². The van der Waals surface area contributed by atoms with E-state index in [1.165, 1.54) is 5.56 Å². The van der Waals surface area contributed by atoms with Gasteiger partial charge in [-0.2, -0.15) is 5.10 Å². The van der Waals surface area contributed by atoms with Gasteiger partial charge in [-0.3, -0.25) is 4.79 Å². The SMILES string of the molecule is Cc1cc(C(=O)N2CCC(Cc3ccccc3)CC2)nc2ccnn12. The van der Waals surface area contributed by atoms with Gasteiger partial charge in [0, 0.05) is 24.8 Å². The van der Waals surface area contributed by atoms with E-state index in [1.807, 2.05) is 24.0 Å². The first-order valence-electron chi connectivity index (χ1n) is 8.85. The summed E-state index contributed by atoms with van der Waals surface area (Å²) in [5.74, 6) is 0.684. The van der Waals surface area contributed by atoms with Gasteiger partial charge < -0.3 is 4.90 Å². The number of likely N-dealkylation sites (tertiary alicyclic amines) is 1. The maximum absolute atomic E-state index is 12.8. The van der Waals surface area contributed by atoms with E-state index in [4.69, 9.17) is 0 Å². The number of nitrogens with zero attached hydrogens (tertiary/aromatic N) is 4. The predicted octanol–water partition coefficient (Wildman–Crippen LogP) is 3.13. The summed E-state index contributed by atoms with van der Waals surface area (Å²) < 4.78 is 1.75. The maximum atomic E-state index is 12.8. The first kappa shape index (κ1) is 15.8. The van der Waals surface area contributed by atoms with Gasteiger partial charge in [-0.25, -0.2) is 9.50 Å². The van der Waals surface area contributed by atoms with Crippen LogP contribution in [0.5, 0.6) is 0 Å². The minimum absolute atomic E-state index is 0.0324. The molecular weight excluding hydrogens is 312 g/mol. The zero-order valence-corrected chi connectivity index (χ0v) is 14.4. The summed E-state index contributed by atoms with van der Waals surface area (Å²) in [5, 5.41) is 4.21. The van der Waals surface area contributed by atoms with Crippen molar-refractivity contribution in [2.75, 3.05) is 13.1 Å². The van der Waals surface area contributed by atoms with Crippen LogP contribution >= 0.6 is 0 Å². The molecule has 0 atom stereocenters. The van der Waals surface area contributed by atoms with Gasteiger partial charge in [0.15, 0.2) is 5.65 Å². The lowest BCUT2D eigenvalue weighted by Gasteiger charge is -2.32. The van der Waals surface area contributed by atoms with Gasteiger partial charge in [-0.1, -0.05) is 30.3 Å². The van der Waals surface area contributed by atoms with Crippen LogP contribution in [0.1, 0.15) is 34.6 Å². The Morgan fingerprint density at radius 2 is 1.92 bits per heavy atom. The Hall–Kier alpha value is -2.69. The Morgan fingerprint density at radius 3 is 2.68 bits per heavy atom. The molecule has 0 unspecified atom stereocenters. The highest BCUT2D eigenvalue weighted by molar-refractivity contribution is 5.93. The fourth-order valence-electron chi connectivity index (χ4n) is 3.63. The zero-order chi connectivity index (χ0) is 17.2. The molecule has 5 heteroatoms. The van der Waals surface area contributed by atoms with Crippen molar-refractivity contribution in [2.45, 2.75) is 26.2 Å². The largest absolute Gasteiger partial charge is 0.337 e. The van der Waals surface area contributed by atoms with Crippen LogP contribution < -0.4 is 0 Å². The number of amides is 1. The van der Waals surface area contributed by atoms with Crippen LogP contribution in [0.4, 0.5) is 0 Å². The number of carbonyl (C=O) groups is 1. The number of aryl methyl sites for hydroxylation is 1. The van der Waals surface area contributed by atoms with Gasteiger partial charge in [0.25, 0.3) is 5.91 Å². The lowest BCUT2D eigenvalue weighted by atomic mass is 9.90. The normalized spacial score (nSPS) is 15.6. The van der Waals surface area contributed by atoms with E-state index in [2.05, 4.69) is 40.4 Å². The number of piperidine rings is 1. The number of rotatable bonds is 3. The minimum atomic E-state index is 0.0324. The first-order valence-corrected chi connectivity index (χ1v) is 8.85. The molecule has 0 bridgehead atoms. The minimum Gasteiger partial charge on any atom is -0.337 e. The van der Waals surface area contributed by atoms with Crippen LogP contribution in [0.2, 0.25) is 0 Å². The van der Waals surface area contributed by atoms with Crippen molar-refractivity contribution in [1.82, 2.24) is 19.5 Å². The molecule has 1 saturated heterocycles. The molecule has 0 spiro atoms. The first-order chi connectivity index (χ1) is 12.2. The molecule has 0 N–H and O–H groups in total. The van der Waals surface area contributed by atoms with Gasteiger partial charge in [-0.15, -0.1) is 0 Å². The average molecular weight is 334 g/mol. The van der Waals surface area contributed by atoms with Crippen molar-refractivity contribution < 1.29 is 4.79 Å². The molecular formula is C20H22N4O. The van der Waals surface area contributed by atoms with Crippen LogP contribution in [0.25, 0.3) is 5.65 Å². The van der Waals surface area contributed by atoms with E-state index in [9.17, 15) is 4.79 Å². The van der Waals surface area contributed by atoms with E-state index < -0.39 is 0 Å². The second-order valence-electron chi connectivity index (χ2n) is 6.81. The number of hydrogen-bond donors (Lipinski definition) is 0. The number of aromatic nitrogens is 3. The van der Waals surface area contributed by atoms with Crippen molar-refractivity contribution in [3.05, 3.63) is 65.6 Å². The Bertz CT molecular complexity index is 879. The number of fused-ring (bicyclic) bond motifs is 1. The lowest BCUT2D eigenvalue weighted by Crippen LogP contribution is -2.39. The molecule has 0 saturated carbocycles. The molecule has 1 aromatic carbocycles. The molecule has 1 aliphatic heterocycles. The molecule has 1 aliphatic rings. The summed E-state index contributed by atoms with van der Waals surface area (Å²) in [6, 6.07) is 14.3. The maximum Gasteiger partial charge on any atom is 0.272 e. The van der Waals surface area contributed by atoms with Crippen LogP contribution in [0, 0.1) is 12.8 Å². The van der Waals surface area contributed by atoms with Crippen LogP contribution in [0.3, 0.4) is 0 Å². The molecule has 25 heavy (non-hydrogen) atoms. The fraction of sp³-hybridized carbons (Fsp3) is 0.350. The third-order valence-electron chi connectivity index (χ3n) is 5.03. The molecule has 1 amide bonds. The van der Waals surface area contributed by atoms with Crippen molar-refractivity contribution in [2.24, 2.45) is 5.92 Å². The summed E-state index contributed by atoms with van der Waals surface area (Å²) >= 11 is 0. The Morgan fingerprint density at radius 1 is 1.16 bits per heavy atom. The Balaban J connectivity index is 1.42. The monoisotopic (exact) mass is 334 g/mol. The summed E-state index contributed by atoms with van der Waals surface area (Å²) in [6.07, 6.45) is 4.91. The standard InChI is InChI=1S/C20H22N4O/c1-15-13-18(22-19-7-10-21-24(15)19)20(25)23-11-8-17(9-12-23)14-16-5-3-2-4-6-16/h2-7,10,13,17H,8-9,11-12,14H2,1H3. The van der Waals surface area contributed by atoms with Crippen molar-refractivity contribution in [1.29, 1.82) is 0 Å². The number of benzene rings is 1. The fourth-order valence-corrected chi connectivity index (χ4v) is 3.63. The van der Waals surface area contributed by atoms with Gasteiger partial charge in [0.05, 0.1) is 6.20 Å². The smallest absolute Gasteiger partial charge is 0.272 e. The van der Waals surface area contributed by atoms with E-state index in [0.29, 0.717) is 11.6 Å². The van der Waals surface area contributed by atoms with E-state index in [-0.39, 0.29) is 5.91 Å². The number of carbonyl (C=O) groups excluding carboxylic acids is 1. The van der Waals surface area contributed by atoms with E-state index >= 15 is 0 Å². The van der Waals surface area contributed by atoms with E-state index in [0.717, 1.165) is 43.7 Å². The lowest BCUT2D eigenvalue weighted by molar-refractivity contribution is 0.0684. The van der Waals surface area contributed by atoms with Crippen molar-refractivity contribution in [3.8, 4) is 0 Å². The second kappa shape index (κ2) is 6.67. The van der Waals surface area contributed by atoms with Crippen molar-refractivity contribution in [3.63, 3.8) is 0 Å². The molecule has 5 nitrogen and oxygen atoms in total. The second-order valence-corrected chi connectivity index (χ2v) is 6.81. The van der Waals surface area contributed by atoms with Gasteiger partial charge in [-0.05, 0) is 43.7 Å². The molecule has 4 rings (SSSR count). The molecule has 3 aromatic rings. The topological polar surface area (TPSA) is 50.5 Å².